The molecule has 0 bridgehead atoms. The van der Waals surface area contributed by atoms with Crippen molar-refractivity contribution in [3.05, 3.63) is 48.0 Å². The van der Waals surface area contributed by atoms with E-state index < -0.39 is 0 Å². The quantitative estimate of drug-likeness (QED) is 0.923. The van der Waals surface area contributed by atoms with Crippen molar-refractivity contribution in [3.63, 3.8) is 0 Å². The number of aryl methyl sites for hydroxylation is 1. The molecule has 1 unspecified atom stereocenters. The first-order valence-corrected chi connectivity index (χ1v) is 7.36. The lowest BCUT2D eigenvalue weighted by Gasteiger charge is -2.35. The molecule has 0 radical (unpaired) electrons. The number of piperazine rings is 1. The van der Waals surface area contributed by atoms with Gasteiger partial charge in [0.05, 0.1) is 13.2 Å². The number of para-hydroxylation sites is 1. The smallest absolute Gasteiger partial charge is 0.130 e. The summed E-state index contributed by atoms with van der Waals surface area (Å²) in [4.78, 5) is 7.06. The third kappa shape index (κ3) is 2.80. The van der Waals surface area contributed by atoms with Crippen molar-refractivity contribution in [2.45, 2.75) is 6.04 Å². The third-order valence-corrected chi connectivity index (χ3v) is 4.05. The number of nitrogens with one attached hydrogen (secondary N) is 1. The Labute approximate surface area is 125 Å². The number of hydrogen-bond donors (Lipinski definition) is 1. The molecular formula is C16H22N4O. The SMILES string of the molecule is COc1ccccc1C(c1nccn1C)N1CCNCC1. The van der Waals surface area contributed by atoms with E-state index in [-0.39, 0.29) is 6.04 Å². The zero-order valence-corrected chi connectivity index (χ0v) is 12.6. The number of benzene rings is 1. The van der Waals surface area contributed by atoms with Gasteiger partial charge in [-0.2, -0.15) is 0 Å². The number of nitrogens with zero attached hydrogens (tertiary/aromatic N) is 3. The largest absolute Gasteiger partial charge is 0.496 e. The van der Waals surface area contributed by atoms with Gasteiger partial charge in [-0.25, -0.2) is 4.98 Å². The lowest BCUT2D eigenvalue weighted by molar-refractivity contribution is 0.187. The summed E-state index contributed by atoms with van der Waals surface area (Å²) in [6.45, 7) is 4.04. The van der Waals surface area contributed by atoms with Crippen molar-refractivity contribution in [1.82, 2.24) is 19.8 Å². The second-order valence-corrected chi connectivity index (χ2v) is 5.33. The molecule has 1 aromatic heterocycles. The monoisotopic (exact) mass is 286 g/mol. The van der Waals surface area contributed by atoms with Gasteiger partial charge in [-0.15, -0.1) is 0 Å². The minimum atomic E-state index is 0.128. The lowest BCUT2D eigenvalue weighted by Crippen LogP contribution is -2.46. The van der Waals surface area contributed by atoms with Gasteiger partial charge in [0.15, 0.2) is 0 Å². The van der Waals surface area contributed by atoms with Crippen LogP contribution in [0, 0.1) is 0 Å². The molecule has 1 aliphatic heterocycles. The number of hydrogen-bond acceptors (Lipinski definition) is 4. The summed E-state index contributed by atoms with van der Waals surface area (Å²) in [5, 5.41) is 3.41. The molecule has 21 heavy (non-hydrogen) atoms. The van der Waals surface area contributed by atoms with Crippen LogP contribution in [0.15, 0.2) is 36.7 Å². The highest BCUT2D eigenvalue weighted by Gasteiger charge is 2.28. The second kappa shape index (κ2) is 6.28. The number of ether oxygens (including phenoxy) is 1. The predicted molar refractivity (Wildman–Crippen MR) is 82.5 cm³/mol. The van der Waals surface area contributed by atoms with E-state index in [1.54, 1.807) is 7.11 Å². The number of imidazole rings is 1. The molecule has 2 heterocycles. The fourth-order valence-electron chi connectivity index (χ4n) is 2.97. The molecule has 0 amide bonds. The van der Waals surface area contributed by atoms with Gasteiger partial charge in [-0.1, -0.05) is 18.2 Å². The van der Waals surface area contributed by atoms with Crippen LogP contribution in [-0.2, 0) is 7.05 Å². The Morgan fingerprint density at radius 3 is 2.67 bits per heavy atom. The van der Waals surface area contributed by atoms with Crippen LogP contribution in [0.1, 0.15) is 17.4 Å². The zero-order chi connectivity index (χ0) is 14.7. The Bertz CT molecular complexity index is 589. The molecule has 3 rings (SSSR count). The molecule has 2 aromatic rings. The maximum absolute atomic E-state index is 5.58. The number of methoxy groups -OCH3 is 1. The van der Waals surface area contributed by atoms with E-state index in [0.717, 1.165) is 37.8 Å². The molecular weight excluding hydrogens is 264 g/mol. The second-order valence-electron chi connectivity index (χ2n) is 5.33. The van der Waals surface area contributed by atoms with Crippen LogP contribution in [0.4, 0.5) is 0 Å². The topological polar surface area (TPSA) is 42.3 Å². The van der Waals surface area contributed by atoms with E-state index in [1.165, 1.54) is 5.56 Å². The summed E-state index contributed by atoms with van der Waals surface area (Å²) in [6.07, 6.45) is 3.86. The fraction of sp³-hybridized carbons (Fsp3) is 0.438. The van der Waals surface area contributed by atoms with Crippen molar-refractivity contribution in [1.29, 1.82) is 0 Å². The van der Waals surface area contributed by atoms with Crippen molar-refractivity contribution < 1.29 is 4.74 Å². The highest BCUT2D eigenvalue weighted by molar-refractivity contribution is 5.39. The van der Waals surface area contributed by atoms with E-state index in [1.807, 2.05) is 31.6 Å². The van der Waals surface area contributed by atoms with Crippen molar-refractivity contribution in [2.75, 3.05) is 33.3 Å². The highest BCUT2D eigenvalue weighted by atomic mass is 16.5. The molecule has 1 atom stereocenters. The van der Waals surface area contributed by atoms with E-state index in [4.69, 9.17) is 4.74 Å². The molecule has 1 N–H and O–H groups in total. The Hall–Kier alpha value is -1.85. The minimum absolute atomic E-state index is 0.128. The molecule has 5 heteroatoms. The maximum Gasteiger partial charge on any atom is 0.130 e. The first-order valence-electron chi connectivity index (χ1n) is 7.36. The van der Waals surface area contributed by atoms with Crippen molar-refractivity contribution >= 4 is 0 Å². The van der Waals surface area contributed by atoms with Gasteiger partial charge >= 0.3 is 0 Å². The van der Waals surface area contributed by atoms with Crippen LogP contribution >= 0.6 is 0 Å². The molecule has 1 aromatic carbocycles. The van der Waals surface area contributed by atoms with Crippen LogP contribution in [0.2, 0.25) is 0 Å². The first-order chi connectivity index (χ1) is 10.3. The molecule has 0 saturated carbocycles. The van der Waals surface area contributed by atoms with E-state index in [9.17, 15) is 0 Å². The van der Waals surface area contributed by atoms with Gasteiger partial charge in [0.25, 0.3) is 0 Å². The van der Waals surface area contributed by atoms with Gasteiger partial charge < -0.3 is 14.6 Å². The summed E-state index contributed by atoms with van der Waals surface area (Å²) in [6, 6.07) is 8.36. The summed E-state index contributed by atoms with van der Waals surface area (Å²) in [7, 11) is 3.78. The molecule has 1 saturated heterocycles. The lowest BCUT2D eigenvalue weighted by atomic mass is 10.0. The fourth-order valence-corrected chi connectivity index (χ4v) is 2.97. The highest BCUT2D eigenvalue weighted by Crippen LogP contribution is 2.33. The summed E-state index contributed by atoms with van der Waals surface area (Å²) in [5.41, 5.74) is 1.18. The summed E-state index contributed by atoms with van der Waals surface area (Å²) in [5.74, 6) is 1.98. The molecule has 0 spiro atoms. The van der Waals surface area contributed by atoms with Crippen molar-refractivity contribution in [2.24, 2.45) is 7.05 Å². The molecule has 0 aliphatic carbocycles. The van der Waals surface area contributed by atoms with Gasteiger partial charge in [0.1, 0.15) is 11.6 Å². The van der Waals surface area contributed by atoms with Crippen LogP contribution in [0.25, 0.3) is 0 Å². The van der Waals surface area contributed by atoms with Crippen LogP contribution < -0.4 is 10.1 Å². The molecule has 1 fully saturated rings. The van der Waals surface area contributed by atoms with Crippen LogP contribution in [0.3, 0.4) is 0 Å². The normalized spacial score (nSPS) is 17.6. The van der Waals surface area contributed by atoms with E-state index in [0.29, 0.717) is 0 Å². The van der Waals surface area contributed by atoms with Gasteiger partial charge in [0.2, 0.25) is 0 Å². The molecule has 112 valence electrons. The Morgan fingerprint density at radius 1 is 1.24 bits per heavy atom. The molecule has 1 aliphatic rings. The average Bonchev–Trinajstić information content (AvgIpc) is 2.95. The third-order valence-electron chi connectivity index (χ3n) is 4.05. The zero-order valence-electron chi connectivity index (χ0n) is 12.6. The van der Waals surface area contributed by atoms with Crippen LogP contribution in [0.5, 0.6) is 5.75 Å². The van der Waals surface area contributed by atoms with Gasteiger partial charge in [0, 0.05) is 51.2 Å². The van der Waals surface area contributed by atoms with Crippen LogP contribution in [-0.4, -0.2) is 47.7 Å². The first kappa shape index (κ1) is 14.1. The Morgan fingerprint density at radius 2 is 2.00 bits per heavy atom. The summed E-state index contributed by atoms with van der Waals surface area (Å²) >= 11 is 0. The van der Waals surface area contributed by atoms with E-state index >= 15 is 0 Å². The maximum atomic E-state index is 5.58. The predicted octanol–water partition coefficient (Wildman–Crippen LogP) is 1.42. The Balaban J connectivity index is 2.05. The average molecular weight is 286 g/mol. The standard InChI is InChI=1S/C16H22N4O/c1-19-10-9-18-16(19)15(20-11-7-17-8-12-20)13-5-3-4-6-14(13)21-2/h3-6,9-10,15,17H,7-8,11-12H2,1-2H3. The minimum Gasteiger partial charge on any atom is -0.496 e. The van der Waals surface area contributed by atoms with Gasteiger partial charge in [-0.3, -0.25) is 4.90 Å². The number of aromatic nitrogens is 2. The van der Waals surface area contributed by atoms with Crippen molar-refractivity contribution in [3.8, 4) is 5.75 Å². The molecule has 5 nitrogen and oxygen atoms in total. The van der Waals surface area contributed by atoms with Gasteiger partial charge in [-0.05, 0) is 6.07 Å². The number of rotatable bonds is 4. The Kier molecular flexibility index (Phi) is 4.22. The summed E-state index contributed by atoms with van der Waals surface area (Å²) < 4.78 is 7.67. The van der Waals surface area contributed by atoms with E-state index in [2.05, 4.69) is 31.9 Å².